The van der Waals surface area contributed by atoms with Gasteiger partial charge in [-0.05, 0) is 28.7 Å². The normalized spacial score (nSPS) is 11.8. The lowest BCUT2D eigenvalue weighted by Crippen LogP contribution is -2.37. The number of hydrogen-bond donors (Lipinski definition) is 2. The fraction of sp³-hybridized carbons (Fsp3) is 0.300. The molecule has 130 valence electrons. The largest absolute Gasteiger partial charge is 0.479 e. The number of para-hydroxylation sites is 2. The van der Waals surface area contributed by atoms with Gasteiger partial charge in [0.25, 0.3) is 0 Å². The van der Waals surface area contributed by atoms with Gasteiger partial charge in [0.1, 0.15) is 11.0 Å². The Balaban J connectivity index is 2.01. The highest BCUT2D eigenvalue weighted by molar-refractivity contribution is 5.77. The third-order valence-corrected chi connectivity index (χ3v) is 4.47. The second-order valence-corrected chi connectivity index (χ2v) is 7.36. The molecule has 0 fully saturated rings. The molecule has 0 saturated heterocycles. The summed E-state index contributed by atoms with van der Waals surface area (Å²) < 4.78 is 3.60. The average Bonchev–Trinajstić information content (AvgIpc) is 2.80. The van der Waals surface area contributed by atoms with Crippen molar-refractivity contribution >= 4 is 23.0 Å². The van der Waals surface area contributed by atoms with Crippen LogP contribution in [0, 0.1) is 0 Å². The number of aliphatic carboxylic acids is 1. The molecule has 1 heterocycles. The van der Waals surface area contributed by atoms with Gasteiger partial charge in [0.15, 0.2) is 6.54 Å². The summed E-state index contributed by atoms with van der Waals surface area (Å²) in [6, 6.07) is 16.2. The molecule has 0 radical (unpaired) electrons. The topological polar surface area (TPSA) is 72.1 Å². The molecule has 0 aliphatic heterocycles. The van der Waals surface area contributed by atoms with Crippen LogP contribution in [0.15, 0.2) is 48.5 Å². The van der Waals surface area contributed by atoms with E-state index in [-0.39, 0.29) is 12.0 Å². The van der Waals surface area contributed by atoms with Crippen LogP contribution in [0.3, 0.4) is 0 Å². The highest BCUT2D eigenvalue weighted by Crippen LogP contribution is 2.22. The fourth-order valence-electron chi connectivity index (χ4n) is 3.07. The van der Waals surface area contributed by atoms with Crippen LogP contribution in [0.1, 0.15) is 31.9 Å². The molecule has 3 aromatic rings. The van der Waals surface area contributed by atoms with Crippen LogP contribution in [-0.4, -0.2) is 15.6 Å². The molecule has 3 rings (SSSR count). The molecular formula is C20H24N3O2+. The number of benzene rings is 2. The first-order valence-electron chi connectivity index (χ1n) is 8.35. The van der Waals surface area contributed by atoms with Gasteiger partial charge in [0, 0.05) is 0 Å². The number of fused-ring (bicyclic) bond motifs is 1. The van der Waals surface area contributed by atoms with E-state index in [0.29, 0.717) is 12.5 Å². The molecule has 0 unspecified atom stereocenters. The number of anilines is 1. The Kier molecular flexibility index (Phi) is 4.25. The van der Waals surface area contributed by atoms with E-state index in [2.05, 4.69) is 45.0 Å². The lowest BCUT2D eigenvalue weighted by atomic mass is 9.87. The van der Waals surface area contributed by atoms with Crippen molar-refractivity contribution in [2.45, 2.75) is 39.3 Å². The summed E-state index contributed by atoms with van der Waals surface area (Å²) in [6.45, 7) is 7.02. The quantitative estimate of drug-likeness (QED) is 0.719. The minimum Gasteiger partial charge on any atom is -0.479 e. The van der Waals surface area contributed by atoms with Crippen LogP contribution in [-0.2, 0) is 23.3 Å². The highest BCUT2D eigenvalue weighted by Gasteiger charge is 2.22. The van der Waals surface area contributed by atoms with E-state index in [9.17, 15) is 9.90 Å². The van der Waals surface area contributed by atoms with E-state index in [1.807, 2.05) is 28.8 Å². The zero-order valence-electron chi connectivity index (χ0n) is 14.9. The SMILES string of the molecule is CC(C)(C)c1ccc(C[n+]2c(N)n(CC(=O)O)c3ccccc32)cc1. The third-order valence-electron chi connectivity index (χ3n) is 4.47. The summed E-state index contributed by atoms with van der Waals surface area (Å²) >= 11 is 0. The Hall–Kier alpha value is -2.82. The van der Waals surface area contributed by atoms with Gasteiger partial charge in [-0.3, -0.25) is 5.73 Å². The van der Waals surface area contributed by atoms with Crippen LogP contribution >= 0.6 is 0 Å². The molecule has 0 aliphatic rings. The molecule has 5 nitrogen and oxygen atoms in total. The fourth-order valence-corrected chi connectivity index (χ4v) is 3.07. The van der Waals surface area contributed by atoms with Gasteiger partial charge in [-0.25, -0.2) is 13.9 Å². The summed E-state index contributed by atoms with van der Waals surface area (Å²) in [7, 11) is 0. The molecule has 3 N–H and O–H groups in total. The number of nitrogens with zero attached hydrogens (tertiary/aromatic N) is 2. The van der Waals surface area contributed by atoms with Gasteiger partial charge in [0.2, 0.25) is 0 Å². The van der Waals surface area contributed by atoms with Crippen molar-refractivity contribution in [3.8, 4) is 0 Å². The molecule has 0 aliphatic carbocycles. The minimum atomic E-state index is -0.908. The lowest BCUT2D eigenvalue weighted by molar-refractivity contribution is -0.648. The van der Waals surface area contributed by atoms with Gasteiger partial charge < -0.3 is 5.11 Å². The summed E-state index contributed by atoms with van der Waals surface area (Å²) in [6.07, 6.45) is 0. The monoisotopic (exact) mass is 338 g/mol. The Morgan fingerprint density at radius 1 is 1.12 bits per heavy atom. The Morgan fingerprint density at radius 3 is 2.36 bits per heavy atom. The number of rotatable bonds is 4. The molecule has 0 spiro atoms. The van der Waals surface area contributed by atoms with Crippen LogP contribution < -0.4 is 10.3 Å². The molecule has 5 heteroatoms. The minimum absolute atomic E-state index is 0.113. The van der Waals surface area contributed by atoms with E-state index in [1.165, 1.54) is 5.56 Å². The molecule has 0 bridgehead atoms. The number of carboxylic acids is 1. The summed E-state index contributed by atoms with van der Waals surface area (Å²) in [5, 5.41) is 9.17. The average molecular weight is 338 g/mol. The van der Waals surface area contributed by atoms with Crippen molar-refractivity contribution < 1.29 is 14.5 Å². The molecule has 25 heavy (non-hydrogen) atoms. The summed E-state index contributed by atoms with van der Waals surface area (Å²) in [5.41, 5.74) is 10.6. The van der Waals surface area contributed by atoms with E-state index in [1.54, 1.807) is 4.57 Å². The maximum atomic E-state index is 11.2. The number of carbonyl (C=O) groups is 1. The Morgan fingerprint density at radius 2 is 1.76 bits per heavy atom. The molecule has 0 amide bonds. The van der Waals surface area contributed by atoms with Crippen LogP contribution in [0.2, 0.25) is 0 Å². The van der Waals surface area contributed by atoms with Crippen LogP contribution in [0.5, 0.6) is 0 Å². The van der Waals surface area contributed by atoms with E-state index < -0.39 is 5.97 Å². The van der Waals surface area contributed by atoms with Crippen molar-refractivity contribution in [3.05, 3.63) is 59.7 Å². The zero-order valence-corrected chi connectivity index (χ0v) is 14.9. The first-order valence-corrected chi connectivity index (χ1v) is 8.35. The predicted molar refractivity (Wildman–Crippen MR) is 98.4 cm³/mol. The van der Waals surface area contributed by atoms with Crippen molar-refractivity contribution in [1.29, 1.82) is 0 Å². The van der Waals surface area contributed by atoms with Gasteiger partial charge in [-0.15, -0.1) is 0 Å². The summed E-state index contributed by atoms with van der Waals surface area (Å²) in [4.78, 5) is 11.2. The number of carboxylic acid groups (broad SMARTS) is 1. The van der Waals surface area contributed by atoms with E-state index >= 15 is 0 Å². The third kappa shape index (κ3) is 3.36. The maximum absolute atomic E-state index is 11.2. The van der Waals surface area contributed by atoms with Crippen molar-refractivity contribution in [2.24, 2.45) is 0 Å². The standard InChI is InChI=1S/C20H23N3O2/c1-20(2,3)15-10-8-14(9-11-15)12-22-16-6-4-5-7-17(16)23(19(22)21)13-18(24)25/h4-11,21H,12-13H2,1-3H3,(H,24,25)/p+1. The predicted octanol–water partition coefficient (Wildman–Crippen LogP) is 2.94. The van der Waals surface area contributed by atoms with Crippen molar-refractivity contribution in [2.75, 3.05) is 5.73 Å². The molecule has 2 aromatic carbocycles. The number of hydrogen-bond acceptors (Lipinski definition) is 2. The van der Waals surface area contributed by atoms with Gasteiger partial charge in [-0.2, -0.15) is 0 Å². The number of imidazole rings is 1. The van der Waals surface area contributed by atoms with E-state index in [0.717, 1.165) is 16.6 Å². The molecule has 1 aromatic heterocycles. The van der Waals surface area contributed by atoms with Crippen molar-refractivity contribution in [3.63, 3.8) is 0 Å². The summed E-state index contributed by atoms with van der Waals surface area (Å²) in [5.74, 6) is -0.461. The van der Waals surface area contributed by atoms with Crippen LogP contribution in [0.4, 0.5) is 5.95 Å². The number of aromatic nitrogens is 2. The van der Waals surface area contributed by atoms with Crippen molar-refractivity contribution in [1.82, 2.24) is 4.57 Å². The second kappa shape index (κ2) is 6.24. The number of nitrogen functional groups attached to an aromatic ring is 1. The maximum Gasteiger partial charge on any atom is 0.356 e. The smallest absolute Gasteiger partial charge is 0.356 e. The number of nitrogens with two attached hydrogens (primary N) is 1. The Labute approximate surface area is 147 Å². The van der Waals surface area contributed by atoms with Gasteiger partial charge >= 0.3 is 11.9 Å². The first-order chi connectivity index (χ1) is 11.8. The first kappa shape index (κ1) is 17.0. The van der Waals surface area contributed by atoms with E-state index in [4.69, 9.17) is 5.73 Å². The lowest BCUT2D eigenvalue weighted by Gasteiger charge is -2.19. The zero-order chi connectivity index (χ0) is 18.2. The van der Waals surface area contributed by atoms with Crippen LogP contribution in [0.25, 0.3) is 11.0 Å². The molecular weight excluding hydrogens is 314 g/mol. The molecule has 0 saturated carbocycles. The Bertz CT molecular complexity index is 919. The second-order valence-electron chi connectivity index (χ2n) is 7.36. The van der Waals surface area contributed by atoms with Gasteiger partial charge in [-0.1, -0.05) is 57.2 Å². The van der Waals surface area contributed by atoms with Gasteiger partial charge in [0.05, 0.1) is 6.54 Å². The highest BCUT2D eigenvalue weighted by atomic mass is 16.4. The molecule has 0 atom stereocenters.